The van der Waals surface area contributed by atoms with Gasteiger partial charge in [0.15, 0.2) is 0 Å². The van der Waals surface area contributed by atoms with Crippen LogP contribution >= 0.6 is 0 Å². The maximum Gasteiger partial charge on any atom is 0.0443 e. The molecule has 0 radical (unpaired) electrons. The van der Waals surface area contributed by atoms with Gasteiger partial charge in [0.2, 0.25) is 0 Å². The Hall–Kier alpha value is -0.160. The van der Waals surface area contributed by atoms with Crippen LogP contribution in [-0.4, -0.2) is 49.3 Å². The van der Waals surface area contributed by atoms with E-state index in [4.69, 9.17) is 16.6 Å². The van der Waals surface area contributed by atoms with Gasteiger partial charge in [0, 0.05) is 13.2 Å². The van der Waals surface area contributed by atoms with Gasteiger partial charge in [-0.15, -0.1) is 0 Å². The molecule has 0 amide bonds. The molecule has 0 fully saturated rings. The quantitative estimate of drug-likeness (QED) is 0.451. The smallest absolute Gasteiger partial charge is 0.0443 e. The molecule has 0 aromatic heterocycles. The van der Waals surface area contributed by atoms with E-state index in [0.717, 1.165) is 52.0 Å². The summed E-state index contributed by atoms with van der Waals surface area (Å²) in [6.07, 6.45) is 2.89. The summed E-state index contributed by atoms with van der Waals surface area (Å²) in [7, 11) is 0. The highest BCUT2D eigenvalue weighted by Gasteiger charge is 2.02. The highest BCUT2D eigenvalue weighted by atomic mass is 16.3. The number of rotatable bonds is 9. The van der Waals surface area contributed by atoms with E-state index < -0.39 is 0 Å². The number of hydrogen-bond donors (Lipinski definition) is 3. The molecule has 0 aliphatic heterocycles. The molecule has 4 nitrogen and oxygen atoms in total. The minimum atomic E-state index is 0.266. The maximum atomic E-state index is 8.69. The standard InChI is InChI=1S/C9H23N3O/c10-4-1-6-12(7-2-5-11)8-3-9-13/h13H,1-11H2. The topological polar surface area (TPSA) is 75.5 Å². The Morgan fingerprint density at radius 2 is 1.31 bits per heavy atom. The average molecular weight is 189 g/mol. The van der Waals surface area contributed by atoms with Gasteiger partial charge >= 0.3 is 0 Å². The van der Waals surface area contributed by atoms with Gasteiger partial charge in [0.25, 0.3) is 0 Å². The van der Waals surface area contributed by atoms with Crippen molar-refractivity contribution in [3.63, 3.8) is 0 Å². The third-order valence-electron chi connectivity index (χ3n) is 1.99. The molecule has 0 spiro atoms. The molecule has 0 atom stereocenters. The molecule has 0 heterocycles. The summed E-state index contributed by atoms with van der Waals surface area (Å²) in [5, 5.41) is 8.69. The predicted octanol–water partition coefficient (Wildman–Crippen LogP) is -0.632. The fourth-order valence-electron chi connectivity index (χ4n) is 1.26. The number of hydrogen-bond acceptors (Lipinski definition) is 4. The SMILES string of the molecule is NCCCN(CCCN)CCCO. The van der Waals surface area contributed by atoms with Crippen molar-refractivity contribution in [2.75, 3.05) is 39.3 Å². The summed E-state index contributed by atoms with van der Waals surface area (Å²) in [5.41, 5.74) is 10.9. The fourth-order valence-corrected chi connectivity index (χ4v) is 1.26. The van der Waals surface area contributed by atoms with Crippen LogP contribution in [0.25, 0.3) is 0 Å². The van der Waals surface area contributed by atoms with Crippen molar-refractivity contribution in [3.05, 3.63) is 0 Å². The van der Waals surface area contributed by atoms with Crippen molar-refractivity contribution in [1.29, 1.82) is 0 Å². The van der Waals surface area contributed by atoms with E-state index in [1.54, 1.807) is 0 Å². The summed E-state index contributed by atoms with van der Waals surface area (Å²) in [6.45, 7) is 4.74. The van der Waals surface area contributed by atoms with Crippen LogP contribution in [0.3, 0.4) is 0 Å². The zero-order valence-corrected chi connectivity index (χ0v) is 8.41. The lowest BCUT2D eigenvalue weighted by Gasteiger charge is -2.21. The van der Waals surface area contributed by atoms with Crippen LogP contribution in [0, 0.1) is 0 Å². The summed E-state index contributed by atoms with van der Waals surface area (Å²) in [6, 6.07) is 0. The van der Waals surface area contributed by atoms with Gasteiger partial charge in [0.1, 0.15) is 0 Å². The van der Waals surface area contributed by atoms with Crippen LogP contribution in [0.5, 0.6) is 0 Å². The van der Waals surface area contributed by atoms with E-state index in [0.29, 0.717) is 0 Å². The van der Waals surface area contributed by atoms with Crippen LogP contribution in [0.4, 0.5) is 0 Å². The zero-order chi connectivity index (χ0) is 9.94. The first-order chi connectivity index (χ1) is 6.35. The summed E-state index contributed by atoms with van der Waals surface area (Å²) >= 11 is 0. The molecule has 4 heteroatoms. The minimum absolute atomic E-state index is 0.266. The second kappa shape index (κ2) is 9.92. The van der Waals surface area contributed by atoms with Gasteiger partial charge in [-0.2, -0.15) is 0 Å². The molecule has 0 unspecified atom stereocenters. The molecule has 13 heavy (non-hydrogen) atoms. The van der Waals surface area contributed by atoms with E-state index in [1.807, 2.05) is 0 Å². The van der Waals surface area contributed by atoms with Crippen LogP contribution in [0.1, 0.15) is 19.3 Å². The van der Waals surface area contributed by atoms with E-state index >= 15 is 0 Å². The van der Waals surface area contributed by atoms with Crippen LogP contribution in [0.15, 0.2) is 0 Å². The Balaban J connectivity index is 3.47. The molecular weight excluding hydrogens is 166 g/mol. The second-order valence-electron chi connectivity index (χ2n) is 3.20. The van der Waals surface area contributed by atoms with Crippen molar-refractivity contribution in [1.82, 2.24) is 4.90 Å². The first-order valence-electron chi connectivity index (χ1n) is 5.08. The zero-order valence-electron chi connectivity index (χ0n) is 8.41. The molecule has 80 valence electrons. The molecule has 0 aromatic rings. The maximum absolute atomic E-state index is 8.69. The van der Waals surface area contributed by atoms with Gasteiger partial charge in [-0.25, -0.2) is 0 Å². The highest BCUT2D eigenvalue weighted by molar-refractivity contribution is 4.58. The van der Waals surface area contributed by atoms with Gasteiger partial charge < -0.3 is 21.5 Å². The van der Waals surface area contributed by atoms with Gasteiger partial charge in [0.05, 0.1) is 0 Å². The van der Waals surface area contributed by atoms with E-state index in [2.05, 4.69) is 4.90 Å². The van der Waals surface area contributed by atoms with Gasteiger partial charge in [-0.3, -0.25) is 0 Å². The summed E-state index contributed by atoms with van der Waals surface area (Å²) < 4.78 is 0. The van der Waals surface area contributed by atoms with Crippen LogP contribution < -0.4 is 11.5 Å². The monoisotopic (exact) mass is 189 g/mol. The van der Waals surface area contributed by atoms with Crippen molar-refractivity contribution < 1.29 is 5.11 Å². The Labute approximate surface area is 80.9 Å². The number of aliphatic hydroxyl groups excluding tert-OH is 1. The van der Waals surface area contributed by atoms with Gasteiger partial charge in [-0.1, -0.05) is 0 Å². The van der Waals surface area contributed by atoms with E-state index in [-0.39, 0.29) is 6.61 Å². The lowest BCUT2D eigenvalue weighted by molar-refractivity contribution is 0.222. The molecule has 0 rings (SSSR count). The summed E-state index contributed by atoms with van der Waals surface area (Å²) in [5.74, 6) is 0. The highest BCUT2D eigenvalue weighted by Crippen LogP contribution is 1.95. The number of nitrogens with two attached hydrogens (primary N) is 2. The Morgan fingerprint density at radius 1 is 0.846 bits per heavy atom. The van der Waals surface area contributed by atoms with E-state index in [1.165, 1.54) is 0 Å². The molecule has 5 N–H and O–H groups in total. The molecule has 0 aliphatic carbocycles. The van der Waals surface area contributed by atoms with E-state index in [9.17, 15) is 0 Å². The first kappa shape index (κ1) is 12.8. The van der Waals surface area contributed by atoms with Crippen molar-refractivity contribution in [3.8, 4) is 0 Å². The first-order valence-corrected chi connectivity index (χ1v) is 5.08. The lowest BCUT2D eigenvalue weighted by Crippen LogP contribution is -2.30. The second-order valence-corrected chi connectivity index (χ2v) is 3.20. The average Bonchev–Trinajstić information content (AvgIpc) is 2.17. The van der Waals surface area contributed by atoms with Gasteiger partial charge in [-0.05, 0) is 45.4 Å². The Kier molecular flexibility index (Phi) is 9.80. The molecule has 0 aliphatic rings. The largest absolute Gasteiger partial charge is 0.396 e. The Morgan fingerprint density at radius 3 is 1.69 bits per heavy atom. The predicted molar refractivity (Wildman–Crippen MR) is 55.5 cm³/mol. The van der Waals surface area contributed by atoms with Crippen LogP contribution in [-0.2, 0) is 0 Å². The molecule has 0 saturated heterocycles. The molecular formula is C9H23N3O. The third-order valence-corrected chi connectivity index (χ3v) is 1.99. The summed E-state index contributed by atoms with van der Waals surface area (Å²) in [4.78, 5) is 2.32. The molecule has 0 saturated carbocycles. The lowest BCUT2D eigenvalue weighted by atomic mass is 10.3. The third kappa shape index (κ3) is 8.18. The number of nitrogens with zero attached hydrogens (tertiary/aromatic N) is 1. The molecule has 0 bridgehead atoms. The molecule has 0 aromatic carbocycles. The van der Waals surface area contributed by atoms with Crippen molar-refractivity contribution in [2.24, 2.45) is 11.5 Å². The van der Waals surface area contributed by atoms with Crippen molar-refractivity contribution in [2.45, 2.75) is 19.3 Å². The fraction of sp³-hybridized carbons (Fsp3) is 1.00. The van der Waals surface area contributed by atoms with Crippen molar-refractivity contribution >= 4 is 0 Å². The van der Waals surface area contributed by atoms with Crippen LogP contribution in [0.2, 0.25) is 0 Å². The number of aliphatic hydroxyl groups is 1. The Bertz CT molecular complexity index is 81.8. The minimum Gasteiger partial charge on any atom is -0.396 e. The normalized spacial score (nSPS) is 11.1.